The van der Waals surface area contributed by atoms with E-state index in [1.54, 1.807) is 6.07 Å². The molecule has 0 unspecified atom stereocenters. The van der Waals surface area contributed by atoms with Gasteiger partial charge in [-0.05, 0) is 31.5 Å². The van der Waals surface area contributed by atoms with Crippen molar-refractivity contribution >= 4 is 33.3 Å². The molecule has 6 heteroatoms. The molecule has 0 fully saturated rings. The first-order valence-electron chi connectivity index (χ1n) is 6.33. The van der Waals surface area contributed by atoms with Crippen LogP contribution in [0.25, 0.3) is 0 Å². The number of aryl methyl sites for hydroxylation is 1. The van der Waals surface area contributed by atoms with Gasteiger partial charge >= 0.3 is 0 Å². The number of benzene rings is 1. The summed E-state index contributed by atoms with van der Waals surface area (Å²) >= 11 is 3.46. The summed E-state index contributed by atoms with van der Waals surface area (Å²) in [6, 6.07) is 7.72. The highest BCUT2D eigenvalue weighted by Crippen LogP contribution is 2.24. The summed E-state index contributed by atoms with van der Waals surface area (Å²) in [7, 11) is 0. The molecule has 0 saturated carbocycles. The lowest BCUT2D eigenvalue weighted by molar-refractivity contribution is 0.128. The lowest BCUT2D eigenvalue weighted by atomic mass is 10.2. The number of nitrogens with one attached hydrogen (secondary N) is 1. The Hall–Kier alpha value is -1.66. The summed E-state index contributed by atoms with van der Waals surface area (Å²) in [6.07, 6.45) is 0. The highest BCUT2D eigenvalue weighted by atomic mass is 79.9. The minimum absolute atomic E-state index is 0.355. The second-order valence-corrected chi connectivity index (χ2v) is 5.23. The summed E-state index contributed by atoms with van der Waals surface area (Å²) in [5.41, 5.74) is 7.89. The maximum atomic E-state index is 5.80. The second kappa shape index (κ2) is 6.67. The van der Waals surface area contributed by atoms with Crippen molar-refractivity contribution in [2.45, 2.75) is 20.5 Å². The van der Waals surface area contributed by atoms with Crippen molar-refractivity contribution < 1.29 is 4.74 Å². The van der Waals surface area contributed by atoms with Crippen LogP contribution in [0.5, 0.6) is 0 Å². The molecule has 0 atom stereocenters. The van der Waals surface area contributed by atoms with Crippen LogP contribution in [-0.2, 0) is 11.3 Å². The Bertz CT molecular complexity index is 604. The van der Waals surface area contributed by atoms with Gasteiger partial charge in [0.2, 0.25) is 0 Å². The van der Waals surface area contributed by atoms with Gasteiger partial charge < -0.3 is 15.8 Å². The zero-order valence-electron chi connectivity index (χ0n) is 11.5. The van der Waals surface area contributed by atoms with Crippen molar-refractivity contribution in [2.75, 3.05) is 17.7 Å². The average Bonchev–Trinajstić information content (AvgIpc) is 2.40. The van der Waals surface area contributed by atoms with Crippen LogP contribution in [0.2, 0.25) is 0 Å². The predicted octanol–water partition coefficient (Wildman–Crippen LogP) is 3.41. The van der Waals surface area contributed by atoms with Gasteiger partial charge in [-0.3, -0.25) is 0 Å². The maximum absolute atomic E-state index is 5.80. The highest BCUT2D eigenvalue weighted by molar-refractivity contribution is 9.10. The van der Waals surface area contributed by atoms with E-state index < -0.39 is 0 Å². The molecule has 5 nitrogen and oxygen atoms in total. The van der Waals surface area contributed by atoms with E-state index >= 15 is 0 Å². The minimum atomic E-state index is 0.355. The predicted molar refractivity (Wildman–Crippen MR) is 83.9 cm³/mol. The fourth-order valence-electron chi connectivity index (χ4n) is 1.71. The van der Waals surface area contributed by atoms with Crippen molar-refractivity contribution in [3.05, 3.63) is 40.1 Å². The molecule has 0 aliphatic carbocycles. The Morgan fingerprint density at radius 2 is 2.10 bits per heavy atom. The zero-order valence-corrected chi connectivity index (χ0v) is 13.1. The molecule has 2 rings (SSSR count). The Kier molecular flexibility index (Phi) is 4.92. The monoisotopic (exact) mass is 336 g/mol. The molecule has 2 aromatic rings. The first-order valence-corrected chi connectivity index (χ1v) is 7.12. The van der Waals surface area contributed by atoms with Crippen LogP contribution in [-0.4, -0.2) is 16.6 Å². The van der Waals surface area contributed by atoms with Crippen LogP contribution >= 0.6 is 15.9 Å². The van der Waals surface area contributed by atoms with Gasteiger partial charge in [0.05, 0.1) is 0 Å². The molecule has 0 amide bonds. The fraction of sp³-hybridized carbons (Fsp3) is 0.286. The Morgan fingerprint density at radius 1 is 1.30 bits per heavy atom. The van der Waals surface area contributed by atoms with Crippen molar-refractivity contribution in [1.82, 2.24) is 9.97 Å². The highest BCUT2D eigenvalue weighted by Gasteiger charge is 2.05. The molecule has 106 valence electrons. The number of ether oxygens (including phenoxy) is 1. The third kappa shape index (κ3) is 3.91. The molecule has 0 bridgehead atoms. The van der Waals surface area contributed by atoms with Gasteiger partial charge in [-0.1, -0.05) is 22.0 Å². The molecule has 20 heavy (non-hydrogen) atoms. The van der Waals surface area contributed by atoms with E-state index in [9.17, 15) is 0 Å². The van der Waals surface area contributed by atoms with Crippen LogP contribution in [0, 0.1) is 6.92 Å². The largest absolute Gasteiger partial charge is 0.384 e. The van der Waals surface area contributed by atoms with Crippen molar-refractivity contribution in [3.63, 3.8) is 0 Å². The van der Waals surface area contributed by atoms with Crippen LogP contribution in [0.1, 0.15) is 18.3 Å². The molecule has 0 aliphatic heterocycles. The summed E-state index contributed by atoms with van der Waals surface area (Å²) in [5.74, 6) is 1.65. The van der Waals surface area contributed by atoms with Gasteiger partial charge in [-0.2, -0.15) is 0 Å². The van der Waals surface area contributed by atoms with Crippen molar-refractivity contribution in [3.8, 4) is 0 Å². The molecule has 1 aromatic carbocycles. The van der Waals surface area contributed by atoms with Gasteiger partial charge in [0, 0.05) is 22.8 Å². The summed E-state index contributed by atoms with van der Waals surface area (Å²) in [4.78, 5) is 8.54. The van der Waals surface area contributed by atoms with E-state index in [1.807, 2.05) is 32.0 Å². The molecule has 3 N–H and O–H groups in total. The van der Waals surface area contributed by atoms with Crippen molar-refractivity contribution in [1.29, 1.82) is 0 Å². The van der Waals surface area contributed by atoms with Gasteiger partial charge in [0.25, 0.3) is 0 Å². The SMILES string of the molecule is CCOCc1nc(N)cc(Nc2cc(Br)ccc2C)n1. The van der Waals surface area contributed by atoms with E-state index in [-0.39, 0.29) is 0 Å². The number of anilines is 3. The summed E-state index contributed by atoms with van der Waals surface area (Å²) in [5, 5.41) is 3.25. The molecule has 1 aromatic heterocycles. The van der Waals surface area contributed by atoms with E-state index in [4.69, 9.17) is 10.5 Å². The van der Waals surface area contributed by atoms with Gasteiger partial charge in [-0.25, -0.2) is 9.97 Å². The number of halogens is 1. The van der Waals surface area contributed by atoms with Crippen LogP contribution in [0.3, 0.4) is 0 Å². The number of nitrogen functional groups attached to an aromatic ring is 1. The van der Waals surface area contributed by atoms with E-state index in [2.05, 4.69) is 31.2 Å². The third-order valence-electron chi connectivity index (χ3n) is 2.69. The van der Waals surface area contributed by atoms with Gasteiger partial charge in [0.1, 0.15) is 18.2 Å². The zero-order chi connectivity index (χ0) is 14.5. The summed E-state index contributed by atoms with van der Waals surface area (Å²) < 4.78 is 6.31. The first-order chi connectivity index (χ1) is 9.58. The number of rotatable bonds is 5. The topological polar surface area (TPSA) is 73.1 Å². The molecule has 0 radical (unpaired) electrons. The van der Waals surface area contributed by atoms with Gasteiger partial charge in [0.15, 0.2) is 5.82 Å². The quantitative estimate of drug-likeness (QED) is 0.875. The average molecular weight is 337 g/mol. The molecule has 0 aliphatic rings. The van der Waals surface area contributed by atoms with Crippen LogP contribution in [0.15, 0.2) is 28.7 Å². The molecule has 0 saturated heterocycles. The number of nitrogens with two attached hydrogens (primary N) is 1. The lowest BCUT2D eigenvalue weighted by Crippen LogP contribution is -2.05. The third-order valence-corrected chi connectivity index (χ3v) is 3.18. The standard InChI is InChI=1S/C14H17BrN4O/c1-3-20-8-14-18-12(16)7-13(19-14)17-11-6-10(15)5-4-9(11)2/h4-7H,3,8H2,1-2H3,(H3,16,17,18,19). The first kappa shape index (κ1) is 14.7. The van der Waals surface area contributed by atoms with E-state index in [0.717, 1.165) is 15.7 Å². The van der Waals surface area contributed by atoms with Crippen molar-refractivity contribution in [2.24, 2.45) is 0 Å². The van der Waals surface area contributed by atoms with Crippen LogP contribution in [0.4, 0.5) is 17.3 Å². The molecular formula is C14H17BrN4O. The van der Waals surface area contributed by atoms with E-state index in [0.29, 0.717) is 30.7 Å². The Balaban J connectivity index is 2.24. The number of aromatic nitrogens is 2. The Morgan fingerprint density at radius 3 is 2.85 bits per heavy atom. The normalized spacial score (nSPS) is 10.6. The fourth-order valence-corrected chi connectivity index (χ4v) is 2.07. The number of hydrogen-bond acceptors (Lipinski definition) is 5. The molecule has 0 spiro atoms. The van der Waals surface area contributed by atoms with E-state index in [1.165, 1.54) is 0 Å². The Labute approximate surface area is 126 Å². The number of nitrogens with zero attached hydrogens (tertiary/aromatic N) is 2. The second-order valence-electron chi connectivity index (χ2n) is 4.32. The summed E-state index contributed by atoms with van der Waals surface area (Å²) in [6.45, 7) is 4.93. The minimum Gasteiger partial charge on any atom is -0.384 e. The molecular weight excluding hydrogens is 320 g/mol. The number of hydrogen-bond donors (Lipinski definition) is 2. The van der Waals surface area contributed by atoms with Crippen LogP contribution < -0.4 is 11.1 Å². The molecule has 1 heterocycles. The maximum Gasteiger partial charge on any atom is 0.158 e. The lowest BCUT2D eigenvalue weighted by Gasteiger charge is -2.11. The smallest absolute Gasteiger partial charge is 0.158 e. The van der Waals surface area contributed by atoms with Gasteiger partial charge in [-0.15, -0.1) is 0 Å².